The van der Waals surface area contributed by atoms with Crippen molar-refractivity contribution in [3.63, 3.8) is 0 Å². The Morgan fingerprint density at radius 2 is 1.43 bits per heavy atom. The summed E-state index contributed by atoms with van der Waals surface area (Å²) in [4.78, 5) is 4.70. The predicted octanol–water partition coefficient (Wildman–Crippen LogP) is 9.64. The van der Waals surface area contributed by atoms with E-state index in [0.29, 0.717) is 5.92 Å². The summed E-state index contributed by atoms with van der Waals surface area (Å²) in [6.07, 6.45) is 11.0. The van der Waals surface area contributed by atoms with Crippen LogP contribution in [0.2, 0.25) is 0 Å². The van der Waals surface area contributed by atoms with Crippen molar-refractivity contribution in [3.05, 3.63) is 127 Å². The Morgan fingerprint density at radius 1 is 0.865 bits per heavy atom. The molecule has 2 heteroatoms. The molecule has 0 bridgehead atoms. The monoisotopic (exact) mass is 486 g/mol. The Hall–Kier alpha value is -3.78. The smallest absolute Gasteiger partial charge is 0.114 e. The van der Waals surface area contributed by atoms with Gasteiger partial charge in [-0.15, -0.1) is 0 Å². The van der Waals surface area contributed by atoms with Crippen molar-refractivity contribution in [2.24, 2.45) is 5.92 Å². The highest BCUT2D eigenvalue weighted by molar-refractivity contribution is 5.95. The van der Waals surface area contributed by atoms with Crippen molar-refractivity contribution in [1.82, 2.24) is 4.90 Å². The molecule has 0 amide bonds. The maximum absolute atomic E-state index is 4.66. The number of nitrogens with zero attached hydrogens (tertiary/aromatic N) is 2. The van der Waals surface area contributed by atoms with Gasteiger partial charge in [0.1, 0.15) is 5.82 Å². The van der Waals surface area contributed by atoms with Crippen LogP contribution in [-0.4, -0.2) is 4.90 Å². The third-order valence-corrected chi connectivity index (χ3v) is 7.17. The Labute approximate surface area is 222 Å². The molecule has 2 nitrogen and oxygen atoms in total. The second kappa shape index (κ2) is 9.94. The Kier molecular flexibility index (Phi) is 6.69. The van der Waals surface area contributed by atoms with Gasteiger partial charge in [0.05, 0.1) is 11.4 Å². The van der Waals surface area contributed by atoms with Crippen molar-refractivity contribution in [3.8, 4) is 22.3 Å². The summed E-state index contributed by atoms with van der Waals surface area (Å²) in [6.45, 7) is 16.0. The van der Waals surface area contributed by atoms with Crippen LogP contribution in [0.3, 0.4) is 0 Å². The van der Waals surface area contributed by atoms with Crippen LogP contribution in [-0.2, 0) is 5.41 Å². The minimum absolute atomic E-state index is 0.0116. The second-order valence-corrected chi connectivity index (χ2v) is 11.4. The average Bonchev–Trinajstić information content (AvgIpc) is 3.17. The third-order valence-electron chi connectivity index (χ3n) is 7.17. The summed E-state index contributed by atoms with van der Waals surface area (Å²) in [5.74, 6) is 1.44. The quantitative estimate of drug-likeness (QED) is 0.354. The molecule has 3 aromatic carbocycles. The van der Waals surface area contributed by atoms with Gasteiger partial charge in [0, 0.05) is 23.0 Å². The number of rotatable bonds is 5. The van der Waals surface area contributed by atoms with Crippen LogP contribution in [0.15, 0.2) is 121 Å². The van der Waals surface area contributed by atoms with Gasteiger partial charge in [-0.2, -0.15) is 0 Å². The molecule has 0 unspecified atom stereocenters. The normalized spacial score (nSPS) is 15.9. The van der Waals surface area contributed by atoms with Gasteiger partial charge in [-0.3, -0.25) is 4.90 Å². The number of hydrogen-bond donors (Lipinski definition) is 0. The fourth-order valence-corrected chi connectivity index (χ4v) is 5.16. The van der Waals surface area contributed by atoms with Gasteiger partial charge >= 0.3 is 0 Å². The maximum atomic E-state index is 4.66. The van der Waals surface area contributed by atoms with E-state index in [-0.39, 0.29) is 5.41 Å². The minimum atomic E-state index is 0.0116. The van der Waals surface area contributed by atoms with E-state index < -0.39 is 0 Å². The molecule has 5 rings (SSSR count). The van der Waals surface area contributed by atoms with Crippen LogP contribution in [0, 0.1) is 5.92 Å². The van der Waals surface area contributed by atoms with Gasteiger partial charge in [0.2, 0.25) is 0 Å². The summed E-state index contributed by atoms with van der Waals surface area (Å²) in [6, 6.07) is 26.4. The average molecular weight is 487 g/mol. The van der Waals surface area contributed by atoms with Gasteiger partial charge in [-0.1, -0.05) is 114 Å². The van der Waals surface area contributed by atoms with E-state index >= 15 is 0 Å². The van der Waals surface area contributed by atoms with E-state index in [1.165, 1.54) is 44.9 Å². The summed E-state index contributed by atoms with van der Waals surface area (Å²) in [5.41, 5.74) is 10.0. The molecule has 37 heavy (non-hydrogen) atoms. The molecule has 0 radical (unpaired) electrons. The van der Waals surface area contributed by atoms with Crippen molar-refractivity contribution < 1.29 is 0 Å². The first-order valence-electron chi connectivity index (χ1n) is 13.4. The molecule has 1 aliphatic heterocycles. The molecule has 3 aromatic rings. The van der Waals surface area contributed by atoms with Crippen LogP contribution in [0.4, 0.5) is 5.69 Å². The SMILES string of the molecule is C=C1N(/C=C\C(C)C)C2=C(CCC=C2)N1c1c(-c2ccccc2)cc(C(C)(C)C)cc1-c1ccccc1. The van der Waals surface area contributed by atoms with Gasteiger partial charge in [-0.25, -0.2) is 0 Å². The van der Waals surface area contributed by atoms with E-state index in [1.807, 2.05) is 0 Å². The fourth-order valence-electron chi connectivity index (χ4n) is 5.16. The van der Waals surface area contributed by atoms with Crippen molar-refractivity contribution >= 4 is 5.69 Å². The van der Waals surface area contributed by atoms with Gasteiger partial charge in [-0.05, 0) is 59.1 Å². The van der Waals surface area contributed by atoms with E-state index in [4.69, 9.17) is 0 Å². The molecular weight excluding hydrogens is 448 g/mol. The van der Waals surface area contributed by atoms with E-state index in [0.717, 1.165) is 18.7 Å². The first-order valence-corrected chi connectivity index (χ1v) is 13.4. The Bertz CT molecular complexity index is 1320. The van der Waals surface area contributed by atoms with Crippen LogP contribution >= 0.6 is 0 Å². The molecule has 188 valence electrons. The lowest BCUT2D eigenvalue weighted by molar-refractivity contribution is 0.590. The van der Waals surface area contributed by atoms with Gasteiger partial charge in [0.15, 0.2) is 0 Å². The van der Waals surface area contributed by atoms with Crippen molar-refractivity contribution in [2.75, 3.05) is 4.90 Å². The summed E-state index contributed by atoms with van der Waals surface area (Å²) >= 11 is 0. The highest BCUT2D eigenvalue weighted by atomic mass is 15.4. The van der Waals surface area contributed by atoms with E-state index in [9.17, 15) is 0 Å². The zero-order valence-electron chi connectivity index (χ0n) is 22.8. The summed E-state index contributed by atoms with van der Waals surface area (Å²) in [7, 11) is 0. The zero-order chi connectivity index (χ0) is 26.2. The maximum Gasteiger partial charge on any atom is 0.114 e. The Morgan fingerprint density at radius 3 is 1.95 bits per heavy atom. The van der Waals surface area contributed by atoms with Crippen LogP contribution in [0.25, 0.3) is 22.3 Å². The molecule has 0 N–H and O–H groups in total. The fraction of sp³-hybridized carbons (Fsp3) is 0.257. The van der Waals surface area contributed by atoms with Crippen molar-refractivity contribution in [2.45, 2.75) is 52.9 Å². The highest BCUT2D eigenvalue weighted by Gasteiger charge is 2.36. The summed E-state index contributed by atoms with van der Waals surface area (Å²) in [5, 5.41) is 0. The van der Waals surface area contributed by atoms with Crippen LogP contribution in [0.5, 0.6) is 0 Å². The van der Waals surface area contributed by atoms with Gasteiger partial charge in [0.25, 0.3) is 0 Å². The molecule has 0 saturated heterocycles. The molecule has 2 aliphatic rings. The lowest BCUT2D eigenvalue weighted by Crippen LogP contribution is -2.23. The molecule has 0 fully saturated rings. The van der Waals surface area contributed by atoms with E-state index in [2.05, 4.69) is 148 Å². The zero-order valence-corrected chi connectivity index (χ0v) is 22.8. The number of benzene rings is 3. The summed E-state index contributed by atoms with van der Waals surface area (Å²) < 4.78 is 0. The molecule has 0 spiro atoms. The molecule has 0 aromatic heterocycles. The second-order valence-electron chi connectivity index (χ2n) is 11.4. The lowest BCUT2D eigenvalue weighted by atomic mass is 9.82. The third kappa shape index (κ3) is 4.81. The van der Waals surface area contributed by atoms with Crippen molar-refractivity contribution in [1.29, 1.82) is 0 Å². The topological polar surface area (TPSA) is 6.48 Å². The molecule has 1 heterocycles. The largest absolute Gasteiger partial charge is 0.302 e. The molecule has 0 atom stereocenters. The van der Waals surface area contributed by atoms with Crippen LogP contribution in [0.1, 0.15) is 53.0 Å². The molecular formula is C35H38N2. The van der Waals surface area contributed by atoms with E-state index in [1.54, 1.807) is 0 Å². The van der Waals surface area contributed by atoms with Gasteiger partial charge < -0.3 is 4.90 Å². The number of allylic oxidation sites excluding steroid dienone is 4. The lowest BCUT2D eigenvalue weighted by Gasteiger charge is -2.32. The first-order chi connectivity index (χ1) is 17.8. The van der Waals surface area contributed by atoms with Crippen LogP contribution < -0.4 is 4.90 Å². The minimum Gasteiger partial charge on any atom is -0.302 e. The highest BCUT2D eigenvalue weighted by Crippen LogP contribution is 2.50. The predicted molar refractivity (Wildman–Crippen MR) is 159 cm³/mol. The Balaban J connectivity index is 1.83. The number of hydrogen-bond acceptors (Lipinski definition) is 2. The first kappa shape index (κ1) is 24.9. The molecule has 0 saturated carbocycles. The molecule has 1 aliphatic carbocycles. The standard InChI is InChI=1S/C35H38N2/c1-25(2)21-22-36-26(3)37(33-20-14-13-19-32(33)36)34-30(27-15-9-7-10-16-27)23-29(35(4,5)6)24-31(34)28-17-11-8-12-18-28/h7-13,15-19,21-25H,3,14,20H2,1-2,4-6H3/b22-21-. The number of anilines is 1.